The van der Waals surface area contributed by atoms with Crippen LogP contribution in [0.2, 0.25) is 0 Å². The lowest BCUT2D eigenvalue weighted by molar-refractivity contribution is 0.738. The normalized spacial score (nSPS) is 10.5. The van der Waals surface area contributed by atoms with Gasteiger partial charge in [0.25, 0.3) is 0 Å². The van der Waals surface area contributed by atoms with Crippen molar-refractivity contribution < 1.29 is 0 Å². The van der Waals surface area contributed by atoms with E-state index in [2.05, 4.69) is 22.5 Å². The van der Waals surface area contributed by atoms with Gasteiger partial charge in [0, 0.05) is 0 Å². The Bertz CT molecular complexity index is 958. The first-order chi connectivity index (χ1) is 11.7. The summed E-state index contributed by atoms with van der Waals surface area (Å²) in [7, 11) is 0. The monoisotopic (exact) mass is 311 g/mol. The predicted octanol–water partition coefficient (Wildman–Crippen LogP) is 3.49. The molecule has 0 amide bonds. The van der Waals surface area contributed by atoms with E-state index in [4.69, 9.17) is 10.5 Å². The molecule has 24 heavy (non-hydrogen) atoms. The molecule has 0 radical (unpaired) electrons. The van der Waals surface area contributed by atoms with Gasteiger partial charge in [0.2, 0.25) is 0 Å². The first-order valence-corrected chi connectivity index (χ1v) is 7.31. The standard InChI is InChI=1S/C17H12N2.C2HN3/c1-13-10-16(12-19)7-9-17(13)8-6-14-2-4-15(11-18)5-3-14;1-2-3-4-5(1)2/h2-10H,1H3;1H. The van der Waals surface area contributed by atoms with Gasteiger partial charge in [-0.2, -0.15) is 15.2 Å². The largest absolute Gasteiger partial charge is 0.197 e. The minimum absolute atomic E-state index is 0.659. The SMILES string of the molecule is Cc1cc(C#N)ccc1C=Cc1ccc(C#N)cc1.c1c2nnn1-2. The maximum absolute atomic E-state index is 8.82. The molecule has 0 aromatic heterocycles. The van der Waals surface area contributed by atoms with Gasteiger partial charge in [0.15, 0.2) is 5.82 Å². The Morgan fingerprint density at radius 1 is 0.958 bits per heavy atom. The van der Waals surface area contributed by atoms with Crippen LogP contribution in [-0.4, -0.2) is 15.0 Å². The van der Waals surface area contributed by atoms with Gasteiger partial charge in [0.05, 0.1) is 29.5 Å². The highest BCUT2D eigenvalue weighted by Crippen LogP contribution is 2.15. The maximum atomic E-state index is 8.82. The number of nitriles is 2. The molecule has 0 fully saturated rings. The molecule has 4 rings (SSSR count). The Morgan fingerprint density at radius 2 is 1.62 bits per heavy atom. The van der Waals surface area contributed by atoms with E-state index < -0.39 is 0 Å². The van der Waals surface area contributed by atoms with E-state index in [0.717, 1.165) is 22.5 Å². The zero-order valence-electron chi connectivity index (χ0n) is 13.0. The number of aryl methyl sites for hydroxylation is 1. The van der Waals surface area contributed by atoms with E-state index in [1.54, 1.807) is 16.8 Å². The fraction of sp³-hybridized carbons (Fsp3) is 0.0526. The number of rotatable bonds is 2. The summed E-state index contributed by atoms with van der Waals surface area (Å²) in [6, 6.07) is 17.3. The van der Waals surface area contributed by atoms with Crippen LogP contribution in [0.5, 0.6) is 0 Å². The number of benzene rings is 2. The number of hydrogen-bond donors (Lipinski definition) is 0. The van der Waals surface area contributed by atoms with E-state index in [9.17, 15) is 0 Å². The van der Waals surface area contributed by atoms with Crippen molar-refractivity contribution in [2.75, 3.05) is 0 Å². The van der Waals surface area contributed by atoms with Gasteiger partial charge < -0.3 is 0 Å². The molecule has 0 N–H and O–H groups in total. The van der Waals surface area contributed by atoms with E-state index in [1.807, 2.05) is 55.6 Å². The van der Waals surface area contributed by atoms with Crippen molar-refractivity contribution in [3.05, 3.63) is 76.5 Å². The molecule has 0 unspecified atom stereocenters. The second-order valence-corrected chi connectivity index (χ2v) is 5.27. The van der Waals surface area contributed by atoms with Crippen LogP contribution in [0.4, 0.5) is 0 Å². The Labute approximate surface area is 139 Å². The Kier molecular flexibility index (Phi) is 4.18. The van der Waals surface area contributed by atoms with Crippen LogP contribution in [0.25, 0.3) is 18.0 Å². The maximum Gasteiger partial charge on any atom is 0.197 e. The zero-order chi connectivity index (χ0) is 16.9. The van der Waals surface area contributed by atoms with Gasteiger partial charge >= 0.3 is 0 Å². The fourth-order valence-corrected chi connectivity index (χ4v) is 2.07. The lowest BCUT2D eigenvalue weighted by Gasteiger charge is -2.00. The molecule has 2 heterocycles. The second kappa shape index (κ2) is 6.60. The van der Waals surface area contributed by atoms with Crippen LogP contribution < -0.4 is 0 Å². The summed E-state index contributed by atoms with van der Waals surface area (Å²) in [5.74, 6) is 1.02. The van der Waals surface area contributed by atoms with Crippen molar-refractivity contribution in [3.8, 4) is 18.0 Å². The van der Waals surface area contributed by atoms with Gasteiger partial charge in [-0.15, -0.1) is 5.10 Å². The number of fused-ring (bicyclic) bond motifs is 1. The van der Waals surface area contributed by atoms with Crippen molar-refractivity contribution >= 4 is 12.2 Å². The molecule has 2 aromatic rings. The highest BCUT2D eigenvalue weighted by Gasteiger charge is 2.14. The van der Waals surface area contributed by atoms with Crippen LogP contribution in [0.3, 0.4) is 0 Å². The first-order valence-electron chi connectivity index (χ1n) is 7.31. The second-order valence-electron chi connectivity index (χ2n) is 5.27. The molecule has 0 aliphatic carbocycles. The summed E-state index contributed by atoms with van der Waals surface area (Å²) in [5, 5.41) is 24.6. The van der Waals surface area contributed by atoms with Gasteiger partial charge in [-0.1, -0.05) is 35.6 Å². The third kappa shape index (κ3) is 3.55. The molecule has 5 heteroatoms. The van der Waals surface area contributed by atoms with Crippen LogP contribution in [0.1, 0.15) is 27.8 Å². The Hall–Kier alpha value is -3.70. The zero-order valence-corrected chi connectivity index (χ0v) is 13.0. The molecule has 0 spiro atoms. The van der Waals surface area contributed by atoms with Crippen molar-refractivity contribution in [2.24, 2.45) is 0 Å². The van der Waals surface area contributed by atoms with E-state index in [-0.39, 0.29) is 0 Å². The molecule has 2 aliphatic heterocycles. The third-order valence-corrected chi connectivity index (χ3v) is 3.54. The minimum atomic E-state index is 0.659. The summed E-state index contributed by atoms with van der Waals surface area (Å²) in [6.07, 6.45) is 5.87. The van der Waals surface area contributed by atoms with Gasteiger partial charge in [0.1, 0.15) is 0 Å². The van der Waals surface area contributed by atoms with Crippen molar-refractivity contribution in [3.63, 3.8) is 0 Å². The molecule has 0 saturated carbocycles. The Morgan fingerprint density at radius 3 is 2.08 bits per heavy atom. The smallest absolute Gasteiger partial charge is 0.197 e. The first kappa shape index (κ1) is 15.2. The molecule has 0 saturated heterocycles. The van der Waals surface area contributed by atoms with Gasteiger partial charge in [-0.05, 0) is 47.9 Å². The summed E-state index contributed by atoms with van der Waals surface area (Å²) in [6.45, 7) is 1.99. The van der Waals surface area contributed by atoms with Crippen molar-refractivity contribution in [1.82, 2.24) is 15.0 Å². The molecular formula is C19H13N5. The van der Waals surface area contributed by atoms with Crippen molar-refractivity contribution in [2.45, 2.75) is 6.92 Å². The third-order valence-electron chi connectivity index (χ3n) is 3.54. The molecule has 2 aromatic carbocycles. The van der Waals surface area contributed by atoms with Crippen LogP contribution >= 0.6 is 0 Å². The van der Waals surface area contributed by atoms with E-state index >= 15 is 0 Å². The Balaban J connectivity index is 0.000000281. The van der Waals surface area contributed by atoms with Crippen LogP contribution in [0, 0.1) is 29.6 Å². The topological polar surface area (TPSA) is 78.3 Å². The van der Waals surface area contributed by atoms with E-state index in [1.165, 1.54) is 0 Å². The van der Waals surface area contributed by atoms with Crippen LogP contribution in [0.15, 0.2) is 48.7 Å². The highest BCUT2D eigenvalue weighted by molar-refractivity contribution is 5.71. The predicted molar refractivity (Wildman–Crippen MR) is 90.9 cm³/mol. The molecule has 0 bridgehead atoms. The van der Waals surface area contributed by atoms with E-state index in [0.29, 0.717) is 11.1 Å². The number of hydrogen-bond acceptors (Lipinski definition) is 4. The van der Waals surface area contributed by atoms with Crippen molar-refractivity contribution in [1.29, 1.82) is 10.5 Å². The molecule has 5 nitrogen and oxygen atoms in total. The lowest BCUT2D eigenvalue weighted by Crippen LogP contribution is -1.92. The minimum Gasteiger partial charge on any atom is -0.197 e. The molecule has 2 aliphatic rings. The average molecular weight is 311 g/mol. The van der Waals surface area contributed by atoms with Crippen LogP contribution in [-0.2, 0) is 0 Å². The summed E-state index contributed by atoms with van der Waals surface area (Å²) in [5.41, 5.74) is 4.54. The van der Waals surface area contributed by atoms with Gasteiger partial charge in [-0.25, -0.2) is 0 Å². The molecule has 114 valence electrons. The molecule has 0 atom stereocenters. The summed E-state index contributed by atoms with van der Waals surface area (Å²) in [4.78, 5) is 0. The average Bonchev–Trinajstić information content (AvgIpc) is 3.20. The highest BCUT2D eigenvalue weighted by atomic mass is 15.6. The fourth-order valence-electron chi connectivity index (χ4n) is 2.07. The lowest BCUT2D eigenvalue weighted by atomic mass is 10.0. The van der Waals surface area contributed by atoms with Gasteiger partial charge in [-0.3, -0.25) is 0 Å². The number of nitrogens with zero attached hydrogens (tertiary/aromatic N) is 5. The number of aromatic nitrogens is 3. The molecular weight excluding hydrogens is 298 g/mol. The quantitative estimate of drug-likeness (QED) is 0.531. The summed E-state index contributed by atoms with van der Waals surface area (Å²) < 4.78 is 1.72. The summed E-state index contributed by atoms with van der Waals surface area (Å²) >= 11 is 0.